The molecule has 0 amide bonds. The summed E-state index contributed by atoms with van der Waals surface area (Å²) in [5.74, 6) is 0. The lowest BCUT2D eigenvalue weighted by Gasteiger charge is -2.13. The molecule has 6 N–H and O–H groups in total. The molecule has 0 aromatic carbocycles. The van der Waals surface area contributed by atoms with Gasteiger partial charge in [-0.25, -0.2) is 0 Å². The second-order valence-electron chi connectivity index (χ2n) is 1.62. The van der Waals surface area contributed by atoms with E-state index in [1.54, 1.807) is 0 Å². The summed E-state index contributed by atoms with van der Waals surface area (Å²) in [5.41, 5.74) is 0. The van der Waals surface area contributed by atoms with Crippen molar-refractivity contribution in [3.8, 4) is 0 Å². The summed E-state index contributed by atoms with van der Waals surface area (Å²) in [6, 6.07) is 0. The highest BCUT2D eigenvalue weighted by molar-refractivity contribution is 4.43. The first-order valence-electron chi connectivity index (χ1n) is 3.07. The maximum atomic E-state index is 2.38. The topological polar surface area (TPSA) is 97.7 Å². The van der Waals surface area contributed by atoms with Crippen molar-refractivity contribution in [3.05, 3.63) is 0 Å². The Hall–Kier alpha value is -0.160. The summed E-state index contributed by atoms with van der Waals surface area (Å²) in [5, 5.41) is 0. The number of rotatable bonds is 3. The standard InChI is InChI=1S/C6H15N.3H2O/c1-4-7(5-2)6-3;;;/h4-6H2,1-3H3;3*1H2. The van der Waals surface area contributed by atoms with Crippen molar-refractivity contribution in [2.75, 3.05) is 19.6 Å². The third kappa shape index (κ3) is 10.8. The van der Waals surface area contributed by atoms with Gasteiger partial charge in [0.2, 0.25) is 0 Å². The average molecular weight is 155 g/mol. The zero-order valence-corrected chi connectivity index (χ0v) is 7.07. The van der Waals surface area contributed by atoms with Gasteiger partial charge in [0.15, 0.2) is 0 Å². The molecule has 0 aromatic rings. The smallest absolute Gasteiger partial charge is 0.00474 e. The summed E-state index contributed by atoms with van der Waals surface area (Å²) in [7, 11) is 0. The van der Waals surface area contributed by atoms with Crippen molar-refractivity contribution >= 4 is 0 Å². The average Bonchev–Trinajstić information content (AvgIpc) is 1.72. The summed E-state index contributed by atoms with van der Waals surface area (Å²) in [4.78, 5) is 2.38. The van der Waals surface area contributed by atoms with Crippen LogP contribution in [-0.2, 0) is 0 Å². The first kappa shape index (κ1) is 22.5. The first-order chi connectivity index (χ1) is 3.35. The lowest BCUT2D eigenvalue weighted by molar-refractivity contribution is 0.321. The molecule has 0 radical (unpaired) electrons. The van der Waals surface area contributed by atoms with E-state index in [9.17, 15) is 0 Å². The van der Waals surface area contributed by atoms with Gasteiger partial charge in [-0.2, -0.15) is 0 Å². The Morgan fingerprint density at radius 3 is 0.900 bits per heavy atom. The van der Waals surface area contributed by atoms with Gasteiger partial charge >= 0.3 is 0 Å². The van der Waals surface area contributed by atoms with Crippen LogP contribution in [0.5, 0.6) is 0 Å². The van der Waals surface area contributed by atoms with Crippen LogP contribution in [0.4, 0.5) is 0 Å². The van der Waals surface area contributed by atoms with Crippen LogP contribution in [0, 0.1) is 0 Å². The molecule has 0 saturated heterocycles. The largest absolute Gasteiger partial charge is 0.412 e. The fourth-order valence-electron chi connectivity index (χ4n) is 0.671. The quantitative estimate of drug-likeness (QED) is 0.506. The normalized spacial score (nSPS) is 7.20. The highest BCUT2D eigenvalue weighted by atomic mass is 16.0. The molecule has 0 heterocycles. The number of hydrogen-bond acceptors (Lipinski definition) is 1. The minimum absolute atomic E-state index is 0. The van der Waals surface area contributed by atoms with Crippen LogP contribution in [0.25, 0.3) is 0 Å². The van der Waals surface area contributed by atoms with Crippen LogP contribution in [0.1, 0.15) is 20.8 Å². The van der Waals surface area contributed by atoms with E-state index in [-0.39, 0.29) is 16.4 Å². The number of nitrogens with zero attached hydrogens (tertiary/aromatic N) is 1. The fourth-order valence-corrected chi connectivity index (χ4v) is 0.671. The predicted molar refractivity (Wildman–Crippen MR) is 44.3 cm³/mol. The Labute approximate surface area is 62.8 Å². The summed E-state index contributed by atoms with van der Waals surface area (Å²) < 4.78 is 0. The van der Waals surface area contributed by atoms with E-state index in [4.69, 9.17) is 0 Å². The van der Waals surface area contributed by atoms with Crippen molar-refractivity contribution in [1.29, 1.82) is 0 Å². The molecule has 0 aromatic heterocycles. The van der Waals surface area contributed by atoms with Gasteiger partial charge in [0.05, 0.1) is 0 Å². The van der Waals surface area contributed by atoms with E-state index in [0.717, 1.165) is 0 Å². The maximum absolute atomic E-state index is 2.38. The van der Waals surface area contributed by atoms with E-state index in [1.165, 1.54) is 19.6 Å². The van der Waals surface area contributed by atoms with Crippen molar-refractivity contribution in [2.45, 2.75) is 20.8 Å². The minimum atomic E-state index is 0. The minimum Gasteiger partial charge on any atom is -0.412 e. The van der Waals surface area contributed by atoms with E-state index in [1.807, 2.05) is 0 Å². The lowest BCUT2D eigenvalue weighted by atomic mass is 10.5. The van der Waals surface area contributed by atoms with Crippen LogP contribution in [-0.4, -0.2) is 41.0 Å². The second kappa shape index (κ2) is 15.9. The van der Waals surface area contributed by atoms with Gasteiger partial charge in [-0.15, -0.1) is 0 Å². The maximum Gasteiger partial charge on any atom is -0.00474 e. The monoisotopic (exact) mass is 155 g/mol. The highest BCUT2D eigenvalue weighted by Crippen LogP contribution is 1.81. The first-order valence-corrected chi connectivity index (χ1v) is 3.07. The molecule has 0 aliphatic heterocycles. The molecule has 0 spiro atoms. The molecule has 0 aliphatic carbocycles. The van der Waals surface area contributed by atoms with Crippen molar-refractivity contribution in [3.63, 3.8) is 0 Å². The third-order valence-electron chi connectivity index (χ3n) is 1.34. The molecule has 0 rings (SSSR count). The van der Waals surface area contributed by atoms with Gasteiger partial charge in [0.25, 0.3) is 0 Å². The Kier molecular flexibility index (Phi) is 35.9. The number of hydrogen-bond donors (Lipinski definition) is 0. The molecule has 0 fully saturated rings. The summed E-state index contributed by atoms with van der Waals surface area (Å²) in [6.45, 7) is 10.1. The SMILES string of the molecule is CCN(CC)CC.O.O.O. The van der Waals surface area contributed by atoms with Gasteiger partial charge in [-0.1, -0.05) is 20.8 Å². The second-order valence-corrected chi connectivity index (χ2v) is 1.62. The van der Waals surface area contributed by atoms with Gasteiger partial charge in [-0.3, -0.25) is 0 Å². The molecule has 68 valence electrons. The van der Waals surface area contributed by atoms with Crippen molar-refractivity contribution < 1.29 is 16.4 Å². The van der Waals surface area contributed by atoms with Gasteiger partial charge < -0.3 is 21.3 Å². The zero-order valence-electron chi connectivity index (χ0n) is 7.07. The van der Waals surface area contributed by atoms with Crippen LogP contribution in [0.3, 0.4) is 0 Å². The zero-order chi connectivity index (χ0) is 5.70. The predicted octanol–water partition coefficient (Wildman–Crippen LogP) is -1.13. The van der Waals surface area contributed by atoms with Gasteiger partial charge in [0.1, 0.15) is 0 Å². The molecule has 0 bridgehead atoms. The third-order valence-corrected chi connectivity index (χ3v) is 1.34. The molecule has 0 atom stereocenters. The molecule has 0 saturated carbocycles. The summed E-state index contributed by atoms with van der Waals surface area (Å²) >= 11 is 0. The molecule has 0 aliphatic rings. The van der Waals surface area contributed by atoms with Gasteiger partial charge in [0, 0.05) is 0 Å². The van der Waals surface area contributed by atoms with Crippen LogP contribution >= 0.6 is 0 Å². The molecular weight excluding hydrogens is 134 g/mol. The Balaban J connectivity index is -0.0000000600. The van der Waals surface area contributed by atoms with Crippen LogP contribution in [0.2, 0.25) is 0 Å². The Bertz CT molecular complexity index is 34.5. The molecule has 10 heavy (non-hydrogen) atoms. The lowest BCUT2D eigenvalue weighted by Crippen LogP contribution is -2.21. The molecular formula is C6H21NO3. The summed E-state index contributed by atoms with van der Waals surface area (Å²) in [6.07, 6.45) is 0. The van der Waals surface area contributed by atoms with Gasteiger partial charge in [-0.05, 0) is 19.6 Å². The highest BCUT2D eigenvalue weighted by Gasteiger charge is 1.89. The molecule has 4 nitrogen and oxygen atoms in total. The Morgan fingerprint density at radius 2 is 0.900 bits per heavy atom. The van der Waals surface area contributed by atoms with E-state index in [0.29, 0.717) is 0 Å². The van der Waals surface area contributed by atoms with E-state index >= 15 is 0 Å². The van der Waals surface area contributed by atoms with Crippen molar-refractivity contribution in [2.24, 2.45) is 0 Å². The van der Waals surface area contributed by atoms with Crippen LogP contribution in [0.15, 0.2) is 0 Å². The van der Waals surface area contributed by atoms with E-state index in [2.05, 4.69) is 25.7 Å². The molecule has 4 heteroatoms. The van der Waals surface area contributed by atoms with Crippen molar-refractivity contribution in [1.82, 2.24) is 4.90 Å². The van der Waals surface area contributed by atoms with Crippen LogP contribution < -0.4 is 0 Å². The van der Waals surface area contributed by atoms with E-state index < -0.39 is 0 Å². The Morgan fingerprint density at radius 1 is 0.700 bits per heavy atom. The fraction of sp³-hybridized carbons (Fsp3) is 1.00. The molecule has 0 unspecified atom stereocenters.